The number of nitrogens with one attached hydrogen (secondary N) is 1. The molecule has 0 saturated carbocycles. The summed E-state index contributed by atoms with van der Waals surface area (Å²) in [6, 6.07) is 12.1. The number of nitrogens with zero attached hydrogens (tertiary/aromatic N) is 1. The molecule has 1 aromatic heterocycles. The van der Waals surface area contributed by atoms with Gasteiger partial charge in [-0.05, 0) is 69.4 Å². The lowest BCUT2D eigenvalue weighted by Crippen LogP contribution is -2.33. The van der Waals surface area contributed by atoms with E-state index in [9.17, 15) is 5.11 Å². The number of ether oxygens (including phenoxy) is 1. The van der Waals surface area contributed by atoms with Gasteiger partial charge >= 0.3 is 0 Å². The second kappa shape index (κ2) is 9.86. The Morgan fingerprint density at radius 3 is 2.76 bits per heavy atom. The van der Waals surface area contributed by atoms with Crippen molar-refractivity contribution >= 4 is 46.1 Å². The van der Waals surface area contributed by atoms with Crippen molar-refractivity contribution in [3.63, 3.8) is 0 Å². The van der Waals surface area contributed by atoms with E-state index >= 15 is 0 Å². The van der Waals surface area contributed by atoms with Crippen LogP contribution in [0.1, 0.15) is 35.9 Å². The fourth-order valence-electron chi connectivity index (χ4n) is 2.73. The number of benzene rings is 1. The summed E-state index contributed by atoms with van der Waals surface area (Å²) < 4.78 is 5.49. The molecule has 0 radical (unpaired) electrons. The van der Waals surface area contributed by atoms with E-state index < -0.39 is 0 Å². The number of thiocarbonyl (C=S) groups is 1. The molecule has 154 valence electrons. The van der Waals surface area contributed by atoms with Gasteiger partial charge in [0.05, 0.1) is 18.1 Å². The molecule has 1 aromatic carbocycles. The minimum atomic E-state index is -0.387. The van der Waals surface area contributed by atoms with Crippen molar-refractivity contribution < 1.29 is 9.84 Å². The number of anilines is 1. The Morgan fingerprint density at radius 2 is 2.07 bits per heavy atom. The molecule has 2 heterocycles. The van der Waals surface area contributed by atoms with Crippen LogP contribution in [0.3, 0.4) is 0 Å². The SMILES string of the molecule is CCOc1ccc(NC(=S)N2CCSC2c2ccc(C#CC(C)(C)CO)s2)cc1. The first kappa shape index (κ1) is 22.0. The van der Waals surface area contributed by atoms with Crippen LogP contribution in [0.15, 0.2) is 36.4 Å². The Balaban J connectivity index is 1.67. The fourth-order valence-corrected chi connectivity index (χ4v) is 5.48. The van der Waals surface area contributed by atoms with Crippen molar-refractivity contribution in [3.8, 4) is 17.6 Å². The zero-order valence-electron chi connectivity index (χ0n) is 16.9. The summed E-state index contributed by atoms with van der Waals surface area (Å²) in [5.74, 6) is 8.24. The van der Waals surface area contributed by atoms with Gasteiger partial charge in [-0.15, -0.1) is 23.1 Å². The number of hydrogen-bond donors (Lipinski definition) is 2. The third-order valence-corrected chi connectivity index (χ3v) is 7.14. The van der Waals surface area contributed by atoms with Crippen molar-refractivity contribution in [1.29, 1.82) is 0 Å². The second-order valence-electron chi connectivity index (χ2n) is 7.30. The van der Waals surface area contributed by atoms with E-state index in [1.165, 1.54) is 4.88 Å². The Labute approximate surface area is 186 Å². The predicted molar refractivity (Wildman–Crippen MR) is 128 cm³/mol. The average Bonchev–Trinajstić information content (AvgIpc) is 3.37. The average molecular weight is 447 g/mol. The molecule has 1 saturated heterocycles. The van der Waals surface area contributed by atoms with E-state index in [1.807, 2.05) is 56.8 Å². The van der Waals surface area contributed by atoms with E-state index in [1.54, 1.807) is 11.3 Å². The van der Waals surface area contributed by atoms with E-state index in [0.717, 1.165) is 33.7 Å². The van der Waals surface area contributed by atoms with Crippen LogP contribution in [-0.2, 0) is 0 Å². The standard InChI is InChI=1S/C22H26N2O2S3/c1-4-26-17-7-5-16(6-8-17)23-21(27)24-13-14-28-20(24)19-10-9-18(29-19)11-12-22(2,3)15-25/h5-10,20,25H,4,13-15H2,1-3H3,(H,23,27). The zero-order chi connectivity index (χ0) is 20.9. The van der Waals surface area contributed by atoms with E-state index in [2.05, 4.69) is 34.2 Å². The van der Waals surface area contributed by atoms with Crippen molar-refractivity contribution in [2.45, 2.75) is 26.1 Å². The van der Waals surface area contributed by atoms with Crippen LogP contribution in [-0.4, -0.2) is 40.6 Å². The molecule has 4 nitrogen and oxygen atoms in total. The van der Waals surface area contributed by atoms with Crippen LogP contribution in [0.2, 0.25) is 0 Å². The second-order valence-corrected chi connectivity index (χ2v) is 9.99. The number of hydrogen-bond acceptors (Lipinski definition) is 5. The van der Waals surface area contributed by atoms with Crippen LogP contribution < -0.4 is 10.1 Å². The molecule has 0 aliphatic carbocycles. The lowest BCUT2D eigenvalue weighted by molar-refractivity contribution is 0.207. The largest absolute Gasteiger partial charge is 0.494 e. The predicted octanol–water partition coefficient (Wildman–Crippen LogP) is 4.96. The quantitative estimate of drug-likeness (QED) is 0.500. The molecule has 3 rings (SSSR count). The summed E-state index contributed by atoms with van der Waals surface area (Å²) in [7, 11) is 0. The van der Waals surface area contributed by atoms with Gasteiger partial charge in [0.25, 0.3) is 0 Å². The highest BCUT2D eigenvalue weighted by molar-refractivity contribution is 7.99. The molecule has 2 N–H and O–H groups in total. The Hall–Kier alpha value is -1.72. The van der Waals surface area contributed by atoms with E-state index in [-0.39, 0.29) is 17.4 Å². The Kier molecular flexibility index (Phi) is 7.47. The van der Waals surface area contributed by atoms with Crippen LogP contribution >= 0.6 is 35.3 Å². The van der Waals surface area contributed by atoms with Crippen LogP contribution in [0.4, 0.5) is 5.69 Å². The molecular formula is C22H26N2O2S3. The summed E-state index contributed by atoms with van der Waals surface area (Å²) in [5, 5.41) is 13.6. The normalized spacial score (nSPS) is 16.3. The Bertz CT molecular complexity index is 897. The first-order valence-corrected chi connectivity index (χ1v) is 11.8. The lowest BCUT2D eigenvalue weighted by atomic mass is 9.96. The number of aliphatic hydroxyl groups excluding tert-OH is 1. The summed E-state index contributed by atoms with van der Waals surface area (Å²) in [4.78, 5) is 4.49. The minimum Gasteiger partial charge on any atom is -0.494 e. The molecule has 1 aliphatic rings. The van der Waals surface area contributed by atoms with Gasteiger partial charge < -0.3 is 20.1 Å². The third kappa shape index (κ3) is 5.89. The molecule has 1 atom stereocenters. The maximum Gasteiger partial charge on any atom is 0.174 e. The Morgan fingerprint density at radius 1 is 1.31 bits per heavy atom. The highest BCUT2D eigenvalue weighted by atomic mass is 32.2. The van der Waals surface area contributed by atoms with Crippen LogP contribution in [0.25, 0.3) is 0 Å². The molecule has 1 fully saturated rings. The maximum absolute atomic E-state index is 9.37. The van der Waals surface area contributed by atoms with Crippen LogP contribution in [0, 0.1) is 17.3 Å². The van der Waals surface area contributed by atoms with E-state index in [0.29, 0.717) is 6.61 Å². The van der Waals surface area contributed by atoms with Crippen molar-refractivity contribution in [2.24, 2.45) is 5.41 Å². The van der Waals surface area contributed by atoms with Gasteiger partial charge in [0, 0.05) is 28.3 Å². The molecule has 0 bridgehead atoms. The number of thioether (sulfide) groups is 1. The van der Waals surface area contributed by atoms with E-state index in [4.69, 9.17) is 17.0 Å². The monoisotopic (exact) mass is 446 g/mol. The van der Waals surface area contributed by atoms with Crippen molar-refractivity contribution in [1.82, 2.24) is 4.90 Å². The fraction of sp³-hybridized carbons (Fsp3) is 0.409. The number of rotatable bonds is 5. The highest BCUT2D eigenvalue weighted by Crippen LogP contribution is 2.41. The summed E-state index contributed by atoms with van der Waals surface area (Å²) in [6.07, 6.45) is 0. The molecular weight excluding hydrogens is 420 g/mol. The molecule has 0 spiro atoms. The molecule has 1 unspecified atom stereocenters. The highest BCUT2D eigenvalue weighted by Gasteiger charge is 2.30. The first-order chi connectivity index (χ1) is 13.9. The van der Waals surface area contributed by atoms with Gasteiger partial charge in [-0.25, -0.2) is 0 Å². The van der Waals surface area contributed by atoms with Gasteiger partial charge in [0.15, 0.2) is 5.11 Å². The molecule has 29 heavy (non-hydrogen) atoms. The van der Waals surface area contributed by atoms with Gasteiger partial charge in [0.1, 0.15) is 11.1 Å². The van der Waals surface area contributed by atoms with Gasteiger partial charge in [-0.3, -0.25) is 0 Å². The summed E-state index contributed by atoms with van der Waals surface area (Å²) >= 11 is 9.29. The topological polar surface area (TPSA) is 44.7 Å². The molecule has 1 aliphatic heterocycles. The number of thiophene rings is 1. The molecule has 0 amide bonds. The van der Waals surface area contributed by atoms with Gasteiger partial charge in [-0.1, -0.05) is 11.8 Å². The van der Waals surface area contributed by atoms with Gasteiger partial charge in [0.2, 0.25) is 0 Å². The summed E-state index contributed by atoms with van der Waals surface area (Å²) in [6.45, 7) is 7.47. The van der Waals surface area contributed by atoms with Gasteiger partial charge in [-0.2, -0.15) is 0 Å². The maximum atomic E-state index is 9.37. The zero-order valence-corrected chi connectivity index (χ0v) is 19.3. The molecule has 7 heteroatoms. The minimum absolute atomic E-state index is 0.0516. The smallest absolute Gasteiger partial charge is 0.174 e. The van der Waals surface area contributed by atoms with Crippen molar-refractivity contribution in [2.75, 3.05) is 30.8 Å². The van der Waals surface area contributed by atoms with Crippen LogP contribution in [0.5, 0.6) is 5.75 Å². The summed E-state index contributed by atoms with van der Waals surface area (Å²) in [5.41, 5.74) is 0.569. The third-order valence-electron chi connectivity index (χ3n) is 4.36. The first-order valence-electron chi connectivity index (χ1n) is 9.58. The number of aliphatic hydroxyl groups is 1. The lowest BCUT2D eigenvalue weighted by Gasteiger charge is -2.26. The molecule has 2 aromatic rings. The van der Waals surface area contributed by atoms with Crippen molar-refractivity contribution in [3.05, 3.63) is 46.2 Å².